The molecular formula is C22H26N2O3. The molecule has 0 N–H and O–H groups in total. The molecule has 4 heterocycles. The van der Waals surface area contributed by atoms with Crippen LogP contribution in [0, 0.1) is 10.6 Å². The van der Waals surface area contributed by atoms with E-state index >= 15 is 0 Å². The summed E-state index contributed by atoms with van der Waals surface area (Å²) in [4.78, 5) is 12.9. The minimum atomic E-state index is -0.285. The van der Waals surface area contributed by atoms with E-state index in [4.69, 9.17) is 4.74 Å². The number of quaternary nitrogens is 1. The maximum atomic E-state index is 13.9. The quantitative estimate of drug-likeness (QED) is 0.466. The summed E-state index contributed by atoms with van der Waals surface area (Å²) in [7, 11) is 0. The number of para-hydroxylation sites is 1. The number of rotatable bonds is 3. The minimum Gasteiger partial charge on any atom is -0.632 e. The second-order valence-electron chi connectivity index (χ2n) is 8.21. The highest BCUT2D eigenvalue weighted by molar-refractivity contribution is 6.13. The first-order valence-corrected chi connectivity index (χ1v) is 10.1. The molecular weight excluding hydrogens is 340 g/mol. The van der Waals surface area contributed by atoms with E-state index in [0.29, 0.717) is 25.4 Å². The number of hydrogen-bond acceptors (Lipinski definition) is 3. The van der Waals surface area contributed by atoms with Gasteiger partial charge in [-0.15, -0.1) is 0 Å². The van der Waals surface area contributed by atoms with Gasteiger partial charge in [-0.05, 0) is 43.9 Å². The Morgan fingerprint density at radius 3 is 2.93 bits per heavy atom. The topological polar surface area (TPSA) is 54.3 Å². The standard InChI is InChI=1S/C22H26N2O3/c1-3-22-11-7-12-24(26)13-10-16-15-8-5-6-9-17(15)23(19(16)20(22)24)18(14-22)21(25)27-4-2/h5-6,8-9,14,20H,3-4,7,10-13H2,1-2H3/t20-,22+,24?/m1/s1. The van der Waals surface area contributed by atoms with E-state index < -0.39 is 0 Å². The van der Waals surface area contributed by atoms with Crippen LogP contribution in [0.25, 0.3) is 16.6 Å². The van der Waals surface area contributed by atoms with Gasteiger partial charge in [0.15, 0.2) is 0 Å². The Bertz CT molecular complexity index is 975. The maximum Gasteiger partial charge on any atom is 0.354 e. The summed E-state index contributed by atoms with van der Waals surface area (Å²) in [5.74, 6) is -0.285. The van der Waals surface area contributed by atoms with Gasteiger partial charge in [-0.25, -0.2) is 4.79 Å². The highest BCUT2D eigenvalue weighted by atomic mass is 16.5. The fourth-order valence-electron chi connectivity index (χ4n) is 5.90. The highest BCUT2D eigenvalue weighted by Crippen LogP contribution is 2.59. The zero-order chi connectivity index (χ0) is 18.8. The Morgan fingerprint density at radius 1 is 1.33 bits per heavy atom. The molecule has 1 fully saturated rings. The molecule has 2 aromatic rings. The van der Waals surface area contributed by atoms with Crippen molar-refractivity contribution in [2.75, 3.05) is 19.7 Å². The van der Waals surface area contributed by atoms with Gasteiger partial charge in [-0.2, -0.15) is 0 Å². The Labute approximate surface area is 159 Å². The van der Waals surface area contributed by atoms with Crippen LogP contribution in [0.3, 0.4) is 0 Å². The Balaban J connectivity index is 1.87. The number of carbonyl (C=O) groups excluding carboxylic acids is 1. The maximum absolute atomic E-state index is 13.9. The van der Waals surface area contributed by atoms with Crippen LogP contribution in [0.1, 0.15) is 50.4 Å². The van der Waals surface area contributed by atoms with Crippen molar-refractivity contribution in [2.24, 2.45) is 5.41 Å². The average molecular weight is 366 g/mol. The molecule has 1 unspecified atom stereocenters. The Morgan fingerprint density at radius 2 is 2.15 bits per heavy atom. The van der Waals surface area contributed by atoms with Crippen LogP contribution in [-0.4, -0.2) is 34.9 Å². The number of fused-ring (bicyclic) bond motifs is 3. The fourth-order valence-corrected chi connectivity index (χ4v) is 5.90. The van der Waals surface area contributed by atoms with Crippen molar-refractivity contribution in [1.82, 2.24) is 4.57 Å². The van der Waals surface area contributed by atoms with Crippen molar-refractivity contribution in [2.45, 2.75) is 45.6 Å². The number of hydroxylamine groups is 3. The van der Waals surface area contributed by atoms with Crippen LogP contribution in [0.15, 0.2) is 30.3 Å². The number of ether oxygens (including phenoxy) is 1. The molecule has 3 atom stereocenters. The van der Waals surface area contributed by atoms with E-state index in [1.54, 1.807) is 0 Å². The van der Waals surface area contributed by atoms with Gasteiger partial charge in [0.25, 0.3) is 0 Å². The number of aromatic nitrogens is 1. The molecule has 0 aliphatic carbocycles. The highest BCUT2D eigenvalue weighted by Gasteiger charge is 2.56. The molecule has 27 heavy (non-hydrogen) atoms. The fraction of sp³-hybridized carbons (Fsp3) is 0.500. The van der Waals surface area contributed by atoms with Crippen molar-refractivity contribution in [3.8, 4) is 0 Å². The van der Waals surface area contributed by atoms with E-state index in [9.17, 15) is 10.0 Å². The molecule has 1 aromatic heterocycles. The molecule has 142 valence electrons. The number of carbonyl (C=O) groups is 1. The zero-order valence-electron chi connectivity index (χ0n) is 16.0. The average Bonchev–Trinajstić information content (AvgIpc) is 3.01. The third-order valence-electron chi connectivity index (χ3n) is 7.02. The Kier molecular flexibility index (Phi) is 3.59. The molecule has 0 saturated carbocycles. The largest absolute Gasteiger partial charge is 0.632 e. The van der Waals surface area contributed by atoms with E-state index in [1.165, 1.54) is 10.9 Å². The first-order chi connectivity index (χ1) is 13.0. The summed E-state index contributed by atoms with van der Waals surface area (Å²) >= 11 is 0. The molecule has 0 bridgehead atoms. The van der Waals surface area contributed by atoms with Crippen LogP contribution >= 0.6 is 0 Å². The lowest BCUT2D eigenvalue weighted by molar-refractivity contribution is -0.927. The van der Waals surface area contributed by atoms with E-state index in [-0.39, 0.29) is 22.1 Å². The number of piperidine rings is 1. The summed E-state index contributed by atoms with van der Waals surface area (Å²) in [6, 6.07) is 8.11. The molecule has 5 rings (SSSR count). The molecule has 5 nitrogen and oxygen atoms in total. The van der Waals surface area contributed by atoms with Crippen LogP contribution < -0.4 is 0 Å². The van der Waals surface area contributed by atoms with Gasteiger partial charge >= 0.3 is 5.97 Å². The number of esters is 1. The van der Waals surface area contributed by atoms with Crippen molar-refractivity contribution >= 4 is 22.6 Å². The van der Waals surface area contributed by atoms with Gasteiger partial charge in [-0.3, -0.25) is 0 Å². The summed E-state index contributed by atoms with van der Waals surface area (Å²) < 4.78 is 7.33. The zero-order valence-corrected chi connectivity index (χ0v) is 16.0. The molecule has 0 radical (unpaired) electrons. The monoisotopic (exact) mass is 366 g/mol. The number of benzene rings is 1. The second-order valence-corrected chi connectivity index (χ2v) is 8.21. The third-order valence-corrected chi connectivity index (χ3v) is 7.02. The number of hydrogen-bond donors (Lipinski definition) is 0. The molecule has 0 spiro atoms. The van der Waals surface area contributed by atoms with E-state index in [2.05, 4.69) is 29.7 Å². The summed E-state index contributed by atoms with van der Waals surface area (Å²) in [6.45, 7) is 5.65. The smallest absolute Gasteiger partial charge is 0.354 e. The van der Waals surface area contributed by atoms with Crippen molar-refractivity contribution in [3.63, 3.8) is 0 Å². The molecule has 0 amide bonds. The minimum absolute atomic E-state index is 0.120. The molecule has 3 aliphatic rings. The van der Waals surface area contributed by atoms with Crippen LogP contribution in [0.4, 0.5) is 0 Å². The summed E-state index contributed by atoms with van der Waals surface area (Å²) in [5.41, 5.74) is 3.69. The van der Waals surface area contributed by atoms with Gasteiger partial charge in [0.2, 0.25) is 0 Å². The van der Waals surface area contributed by atoms with Crippen LogP contribution in [-0.2, 0) is 16.0 Å². The SMILES string of the molecule is CCOC(=O)C1=C[C@]2(CC)CCC[N+]3([O-])CCc4c(n1c1ccccc41)[C@H]23. The van der Waals surface area contributed by atoms with Gasteiger partial charge in [0.1, 0.15) is 11.7 Å². The van der Waals surface area contributed by atoms with Crippen molar-refractivity contribution < 1.29 is 14.2 Å². The summed E-state index contributed by atoms with van der Waals surface area (Å²) in [5, 5.41) is 15.1. The van der Waals surface area contributed by atoms with Gasteiger partial charge in [0.05, 0.1) is 30.9 Å². The molecule has 3 aliphatic heterocycles. The lowest BCUT2D eigenvalue weighted by Crippen LogP contribution is -2.60. The predicted octanol–water partition coefficient (Wildman–Crippen LogP) is 4.16. The lowest BCUT2D eigenvalue weighted by atomic mass is 9.66. The van der Waals surface area contributed by atoms with Crippen LogP contribution in [0.2, 0.25) is 0 Å². The first kappa shape index (κ1) is 17.0. The van der Waals surface area contributed by atoms with Gasteiger partial charge in [0, 0.05) is 17.2 Å². The van der Waals surface area contributed by atoms with Crippen molar-refractivity contribution in [1.29, 1.82) is 0 Å². The number of nitrogens with zero attached hydrogens (tertiary/aromatic N) is 2. The Hall–Kier alpha value is -2.11. The van der Waals surface area contributed by atoms with E-state index in [0.717, 1.165) is 36.9 Å². The normalized spacial score (nSPS) is 31.4. The molecule has 5 heteroatoms. The van der Waals surface area contributed by atoms with E-state index in [1.807, 2.05) is 19.1 Å². The van der Waals surface area contributed by atoms with Gasteiger partial charge in [-0.1, -0.05) is 25.1 Å². The lowest BCUT2D eigenvalue weighted by Gasteiger charge is -2.61. The molecule has 1 aromatic carbocycles. The first-order valence-electron chi connectivity index (χ1n) is 10.1. The van der Waals surface area contributed by atoms with Crippen molar-refractivity contribution in [3.05, 3.63) is 46.8 Å². The summed E-state index contributed by atoms with van der Waals surface area (Å²) in [6.07, 6.45) is 5.60. The van der Waals surface area contributed by atoms with Crippen LogP contribution in [0.5, 0.6) is 0 Å². The third kappa shape index (κ3) is 2.10. The van der Waals surface area contributed by atoms with Gasteiger partial charge < -0.3 is 19.2 Å². The predicted molar refractivity (Wildman–Crippen MR) is 105 cm³/mol. The second kappa shape index (κ2) is 5.69. The molecule has 1 saturated heterocycles.